The summed E-state index contributed by atoms with van der Waals surface area (Å²) in [7, 11) is 0. The van der Waals surface area contributed by atoms with Gasteiger partial charge in [-0.15, -0.1) is 11.3 Å². The minimum Gasteiger partial charge on any atom is -0.346 e. The zero-order valence-electron chi connectivity index (χ0n) is 8.18. The van der Waals surface area contributed by atoms with Gasteiger partial charge in [-0.2, -0.15) is 0 Å². The van der Waals surface area contributed by atoms with Gasteiger partial charge in [0.1, 0.15) is 10.3 Å². The van der Waals surface area contributed by atoms with Crippen LogP contribution in [0.3, 0.4) is 0 Å². The third-order valence-corrected chi connectivity index (χ3v) is 3.14. The molecule has 0 atom stereocenters. The standard InChI is InChI=1S/C10H8BrN3OS/c11-9-6-12-8(5-13-9)10(15)14-4-7-2-1-3-16-7/h1-3,5-6H,4H2,(H,14,15). The molecule has 2 heterocycles. The molecule has 82 valence electrons. The van der Waals surface area contributed by atoms with Gasteiger partial charge in [0.05, 0.1) is 18.9 Å². The highest BCUT2D eigenvalue weighted by Crippen LogP contribution is 2.08. The van der Waals surface area contributed by atoms with Gasteiger partial charge in [0.15, 0.2) is 0 Å². The summed E-state index contributed by atoms with van der Waals surface area (Å²) in [5.74, 6) is -0.214. The molecule has 0 bridgehead atoms. The second-order valence-corrected chi connectivity index (χ2v) is 4.83. The Morgan fingerprint density at radius 2 is 2.31 bits per heavy atom. The van der Waals surface area contributed by atoms with Gasteiger partial charge >= 0.3 is 0 Å². The number of hydrogen-bond acceptors (Lipinski definition) is 4. The number of nitrogens with one attached hydrogen (secondary N) is 1. The van der Waals surface area contributed by atoms with Crippen LogP contribution in [-0.4, -0.2) is 15.9 Å². The molecular weight excluding hydrogens is 290 g/mol. The van der Waals surface area contributed by atoms with E-state index in [1.54, 1.807) is 11.3 Å². The van der Waals surface area contributed by atoms with Crippen LogP contribution in [0.15, 0.2) is 34.5 Å². The van der Waals surface area contributed by atoms with Crippen LogP contribution in [-0.2, 0) is 6.54 Å². The lowest BCUT2D eigenvalue weighted by Crippen LogP contribution is -2.23. The van der Waals surface area contributed by atoms with Crippen molar-refractivity contribution in [3.05, 3.63) is 45.1 Å². The quantitative estimate of drug-likeness (QED) is 0.945. The van der Waals surface area contributed by atoms with E-state index in [0.29, 0.717) is 16.8 Å². The van der Waals surface area contributed by atoms with Gasteiger partial charge in [-0.3, -0.25) is 4.79 Å². The molecule has 0 saturated carbocycles. The van der Waals surface area contributed by atoms with Crippen molar-refractivity contribution in [1.82, 2.24) is 15.3 Å². The van der Waals surface area contributed by atoms with Gasteiger partial charge in [0.25, 0.3) is 5.91 Å². The summed E-state index contributed by atoms with van der Waals surface area (Å²) in [4.78, 5) is 20.6. The van der Waals surface area contributed by atoms with Gasteiger partial charge in [-0.1, -0.05) is 6.07 Å². The predicted molar refractivity (Wildman–Crippen MR) is 65.2 cm³/mol. The maximum Gasteiger partial charge on any atom is 0.271 e. The van der Waals surface area contributed by atoms with Crippen molar-refractivity contribution in [3.8, 4) is 0 Å². The molecule has 0 radical (unpaired) electrons. The molecule has 6 heteroatoms. The van der Waals surface area contributed by atoms with Crippen molar-refractivity contribution >= 4 is 33.2 Å². The zero-order chi connectivity index (χ0) is 11.4. The second kappa shape index (κ2) is 5.18. The van der Waals surface area contributed by atoms with Crippen molar-refractivity contribution in [2.75, 3.05) is 0 Å². The largest absolute Gasteiger partial charge is 0.346 e. The number of halogens is 1. The lowest BCUT2D eigenvalue weighted by Gasteiger charge is -2.02. The highest BCUT2D eigenvalue weighted by atomic mass is 79.9. The van der Waals surface area contributed by atoms with E-state index in [-0.39, 0.29) is 5.91 Å². The van der Waals surface area contributed by atoms with Crippen molar-refractivity contribution in [1.29, 1.82) is 0 Å². The van der Waals surface area contributed by atoms with E-state index in [1.165, 1.54) is 12.4 Å². The molecule has 0 aliphatic rings. The molecule has 0 spiro atoms. The Morgan fingerprint density at radius 1 is 1.44 bits per heavy atom. The first-order valence-corrected chi connectivity index (χ1v) is 6.21. The Bertz CT molecular complexity index is 469. The SMILES string of the molecule is O=C(NCc1cccs1)c1cnc(Br)cn1. The van der Waals surface area contributed by atoms with E-state index in [1.807, 2.05) is 17.5 Å². The molecule has 0 aromatic carbocycles. The van der Waals surface area contributed by atoms with Gasteiger partial charge in [0, 0.05) is 4.88 Å². The van der Waals surface area contributed by atoms with Crippen LogP contribution in [0.25, 0.3) is 0 Å². The first-order valence-electron chi connectivity index (χ1n) is 4.54. The van der Waals surface area contributed by atoms with Crippen LogP contribution in [0.5, 0.6) is 0 Å². The molecule has 0 unspecified atom stereocenters. The number of hydrogen-bond donors (Lipinski definition) is 1. The number of aromatic nitrogens is 2. The summed E-state index contributed by atoms with van der Waals surface area (Å²) in [6.07, 6.45) is 2.94. The number of amides is 1. The summed E-state index contributed by atoms with van der Waals surface area (Å²) in [5, 5.41) is 4.75. The van der Waals surface area contributed by atoms with Crippen LogP contribution in [0, 0.1) is 0 Å². The lowest BCUT2D eigenvalue weighted by atomic mass is 10.4. The van der Waals surface area contributed by atoms with E-state index >= 15 is 0 Å². The fourth-order valence-electron chi connectivity index (χ4n) is 1.10. The van der Waals surface area contributed by atoms with Crippen LogP contribution < -0.4 is 5.32 Å². The van der Waals surface area contributed by atoms with Gasteiger partial charge < -0.3 is 5.32 Å². The van der Waals surface area contributed by atoms with Crippen molar-refractivity contribution in [2.24, 2.45) is 0 Å². The molecule has 1 N–H and O–H groups in total. The highest BCUT2D eigenvalue weighted by Gasteiger charge is 2.07. The van der Waals surface area contributed by atoms with E-state index in [2.05, 4.69) is 31.2 Å². The third-order valence-electron chi connectivity index (χ3n) is 1.86. The van der Waals surface area contributed by atoms with Crippen molar-refractivity contribution in [2.45, 2.75) is 6.54 Å². The maximum absolute atomic E-state index is 11.6. The molecule has 0 saturated heterocycles. The summed E-state index contributed by atoms with van der Waals surface area (Å²) in [6.45, 7) is 0.522. The molecule has 16 heavy (non-hydrogen) atoms. The number of carbonyl (C=O) groups is 1. The van der Waals surface area contributed by atoms with Crippen LogP contribution in [0.4, 0.5) is 0 Å². The molecule has 2 aromatic heterocycles. The van der Waals surface area contributed by atoms with Crippen LogP contribution >= 0.6 is 27.3 Å². The zero-order valence-corrected chi connectivity index (χ0v) is 10.6. The first kappa shape index (κ1) is 11.2. The summed E-state index contributed by atoms with van der Waals surface area (Å²) >= 11 is 4.77. The van der Waals surface area contributed by atoms with Crippen molar-refractivity contribution < 1.29 is 4.79 Å². The molecular formula is C10H8BrN3OS. The lowest BCUT2D eigenvalue weighted by molar-refractivity contribution is 0.0946. The normalized spacial score (nSPS) is 10.1. The highest BCUT2D eigenvalue weighted by molar-refractivity contribution is 9.10. The molecule has 4 nitrogen and oxygen atoms in total. The van der Waals surface area contributed by atoms with Gasteiger partial charge in [0.2, 0.25) is 0 Å². The average molecular weight is 298 g/mol. The number of thiophene rings is 1. The fraction of sp³-hybridized carbons (Fsp3) is 0.100. The Balaban J connectivity index is 1.95. The number of carbonyl (C=O) groups excluding carboxylic acids is 1. The fourth-order valence-corrected chi connectivity index (χ4v) is 1.95. The number of nitrogens with zero attached hydrogens (tertiary/aromatic N) is 2. The molecule has 0 fully saturated rings. The Hall–Kier alpha value is -1.27. The average Bonchev–Trinajstić information content (AvgIpc) is 2.80. The smallest absolute Gasteiger partial charge is 0.271 e. The Labute approximate surface area is 105 Å². The number of rotatable bonds is 3. The van der Waals surface area contributed by atoms with E-state index in [0.717, 1.165) is 4.88 Å². The third kappa shape index (κ3) is 2.86. The Morgan fingerprint density at radius 3 is 2.94 bits per heavy atom. The molecule has 1 amide bonds. The van der Waals surface area contributed by atoms with E-state index < -0.39 is 0 Å². The summed E-state index contributed by atoms with van der Waals surface area (Å²) in [5.41, 5.74) is 0.319. The van der Waals surface area contributed by atoms with Crippen molar-refractivity contribution in [3.63, 3.8) is 0 Å². The monoisotopic (exact) mass is 297 g/mol. The first-order chi connectivity index (χ1) is 7.75. The minimum absolute atomic E-state index is 0.214. The molecule has 2 rings (SSSR count). The predicted octanol–water partition coefficient (Wildman–Crippen LogP) is 2.23. The Kier molecular flexibility index (Phi) is 3.63. The topological polar surface area (TPSA) is 54.9 Å². The van der Waals surface area contributed by atoms with Crippen LogP contribution in [0.1, 0.15) is 15.4 Å². The summed E-state index contributed by atoms with van der Waals surface area (Å²) in [6, 6.07) is 3.92. The second-order valence-electron chi connectivity index (χ2n) is 2.99. The van der Waals surface area contributed by atoms with Gasteiger partial charge in [-0.05, 0) is 27.4 Å². The molecule has 0 aliphatic heterocycles. The van der Waals surface area contributed by atoms with Gasteiger partial charge in [-0.25, -0.2) is 9.97 Å². The molecule has 0 aliphatic carbocycles. The molecule has 2 aromatic rings. The maximum atomic E-state index is 11.6. The van der Waals surface area contributed by atoms with E-state index in [4.69, 9.17) is 0 Å². The minimum atomic E-state index is -0.214. The summed E-state index contributed by atoms with van der Waals surface area (Å²) < 4.78 is 0.613. The van der Waals surface area contributed by atoms with Crippen LogP contribution in [0.2, 0.25) is 0 Å². The van der Waals surface area contributed by atoms with E-state index in [9.17, 15) is 4.79 Å².